The number of amides is 2. The molecule has 21 heavy (non-hydrogen) atoms. The van der Waals surface area contributed by atoms with Gasteiger partial charge in [-0.2, -0.15) is 0 Å². The molecule has 0 heterocycles. The number of carbonyl (C=O) groups excluding carboxylic acids is 2. The summed E-state index contributed by atoms with van der Waals surface area (Å²) in [5.41, 5.74) is 0.207. The van der Waals surface area contributed by atoms with Gasteiger partial charge in [-0.3, -0.25) is 4.79 Å². The first kappa shape index (κ1) is 17.3. The van der Waals surface area contributed by atoms with Gasteiger partial charge in [-0.05, 0) is 38.5 Å². The highest BCUT2D eigenvalue weighted by atomic mass is 35.5. The third-order valence-corrected chi connectivity index (χ3v) is 2.73. The first-order valence-corrected chi connectivity index (χ1v) is 7.04. The van der Waals surface area contributed by atoms with Crippen molar-refractivity contribution in [1.82, 2.24) is 10.6 Å². The van der Waals surface area contributed by atoms with Gasteiger partial charge in [0.1, 0.15) is 5.60 Å². The van der Waals surface area contributed by atoms with Crippen LogP contribution in [0.5, 0.6) is 0 Å². The fourth-order valence-electron chi connectivity index (χ4n) is 1.67. The van der Waals surface area contributed by atoms with Gasteiger partial charge in [-0.1, -0.05) is 23.7 Å². The SMILES string of the molecule is CC(=O)NCC(NC(=O)OC(C)(C)C)c1cccc(Cl)c1. The standard InChI is InChI=1S/C15H21ClN2O3/c1-10(19)17-9-13(11-6-5-7-12(16)8-11)18-14(20)21-15(2,3)4/h5-8,13H,9H2,1-4H3,(H,17,19)(H,18,20). The molecule has 0 fully saturated rings. The summed E-state index contributed by atoms with van der Waals surface area (Å²) in [6.45, 7) is 7.04. The van der Waals surface area contributed by atoms with Crippen LogP contribution < -0.4 is 10.6 Å². The molecule has 1 atom stereocenters. The van der Waals surface area contributed by atoms with Gasteiger partial charge in [-0.15, -0.1) is 0 Å². The quantitative estimate of drug-likeness (QED) is 0.898. The zero-order valence-electron chi connectivity index (χ0n) is 12.7. The van der Waals surface area contributed by atoms with Gasteiger partial charge in [0.25, 0.3) is 0 Å². The van der Waals surface area contributed by atoms with Crippen molar-refractivity contribution in [2.45, 2.75) is 39.3 Å². The van der Waals surface area contributed by atoms with E-state index in [0.29, 0.717) is 5.02 Å². The Hall–Kier alpha value is -1.75. The van der Waals surface area contributed by atoms with Crippen LogP contribution >= 0.6 is 11.6 Å². The lowest BCUT2D eigenvalue weighted by molar-refractivity contribution is -0.119. The van der Waals surface area contributed by atoms with Crippen LogP contribution in [0.2, 0.25) is 5.02 Å². The lowest BCUT2D eigenvalue weighted by Crippen LogP contribution is -2.40. The van der Waals surface area contributed by atoms with Crippen molar-refractivity contribution in [2.75, 3.05) is 6.54 Å². The van der Waals surface area contributed by atoms with Gasteiger partial charge in [0.05, 0.1) is 6.04 Å². The number of nitrogens with one attached hydrogen (secondary N) is 2. The number of ether oxygens (including phenoxy) is 1. The molecule has 5 nitrogen and oxygen atoms in total. The molecule has 0 saturated heterocycles. The molecule has 0 aliphatic heterocycles. The Balaban J connectivity index is 2.82. The van der Waals surface area contributed by atoms with Crippen LogP contribution in [0.1, 0.15) is 39.3 Å². The molecule has 1 unspecified atom stereocenters. The van der Waals surface area contributed by atoms with E-state index in [4.69, 9.17) is 16.3 Å². The van der Waals surface area contributed by atoms with Crippen LogP contribution in [0.3, 0.4) is 0 Å². The smallest absolute Gasteiger partial charge is 0.408 e. The lowest BCUT2D eigenvalue weighted by atomic mass is 10.1. The summed E-state index contributed by atoms with van der Waals surface area (Å²) in [7, 11) is 0. The molecule has 0 bridgehead atoms. The highest BCUT2D eigenvalue weighted by molar-refractivity contribution is 6.30. The molecule has 6 heteroatoms. The minimum atomic E-state index is -0.586. The van der Waals surface area contributed by atoms with E-state index >= 15 is 0 Å². The highest BCUT2D eigenvalue weighted by Gasteiger charge is 2.20. The van der Waals surface area contributed by atoms with E-state index in [1.165, 1.54) is 6.92 Å². The summed E-state index contributed by atoms with van der Waals surface area (Å²) in [4.78, 5) is 23.0. The molecular formula is C15H21ClN2O3. The number of rotatable bonds is 4. The van der Waals surface area contributed by atoms with Gasteiger partial charge in [0.15, 0.2) is 0 Å². The molecular weight excluding hydrogens is 292 g/mol. The minimum Gasteiger partial charge on any atom is -0.444 e. The zero-order valence-corrected chi connectivity index (χ0v) is 13.5. The fourth-order valence-corrected chi connectivity index (χ4v) is 1.87. The average Bonchev–Trinajstić information content (AvgIpc) is 2.32. The van der Waals surface area contributed by atoms with Gasteiger partial charge in [0, 0.05) is 18.5 Å². The molecule has 0 aliphatic carbocycles. The largest absolute Gasteiger partial charge is 0.444 e. The Morgan fingerprint density at radius 3 is 2.52 bits per heavy atom. The van der Waals surface area contributed by atoms with E-state index in [2.05, 4.69) is 10.6 Å². The molecule has 2 N–H and O–H groups in total. The summed E-state index contributed by atoms with van der Waals surface area (Å²) >= 11 is 5.96. The van der Waals surface area contributed by atoms with Gasteiger partial charge >= 0.3 is 6.09 Å². The lowest BCUT2D eigenvalue weighted by Gasteiger charge is -2.24. The molecule has 0 aliphatic rings. The van der Waals surface area contributed by atoms with Gasteiger partial charge in [0.2, 0.25) is 5.91 Å². The number of alkyl carbamates (subject to hydrolysis) is 1. The van der Waals surface area contributed by atoms with Crippen molar-refractivity contribution >= 4 is 23.6 Å². The summed E-state index contributed by atoms with van der Waals surface area (Å²) in [6.07, 6.45) is -0.544. The van der Waals surface area contributed by atoms with Crippen molar-refractivity contribution in [3.05, 3.63) is 34.9 Å². The molecule has 116 valence electrons. The van der Waals surface area contributed by atoms with E-state index in [-0.39, 0.29) is 12.5 Å². The number of carbonyl (C=O) groups is 2. The number of hydrogen-bond donors (Lipinski definition) is 2. The maximum atomic E-state index is 11.9. The molecule has 1 rings (SSSR count). The first-order valence-electron chi connectivity index (χ1n) is 6.67. The second-order valence-electron chi connectivity index (χ2n) is 5.69. The summed E-state index contributed by atoms with van der Waals surface area (Å²) in [6, 6.07) is 6.69. The van der Waals surface area contributed by atoms with E-state index in [9.17, 15) is 9.59 Å². The second kappa shape index (κ2) is 7.31. The maximum Gasteiger partial charge on any atom is 0.408 e. The van der Waals surface area contributed by atoms with Crippen molar-refractivity contribution in [2.24, 2.45) is 0 Å². The van der Waals surface area contributed by atoms with Crippen molar-refractivity contribution in [3.63, 3.8) is 0 Å². The predicted molar refractivity (Wildman–Crippen MR) is 82.2 cm³/mol. The topological polar surface area (TPSA) is 67.4 Å². The van der Waals surface area contributed by atoms with Crippen molar-refractivity contribution < 1.29 is 14.3 Å². The van der Waals surface area contributed by atoms with Crippen LogP contribution in [0, 0.1) is 0 Å². The third-order valence-electron chi connectivity index (χ3n) is 2.50. The molecule has 0 spiro atoms. The van der Waals surface area contributed by atoms with E-state index in [1.54, 1.807) is 39.0 Å². The number of benzene rings is 1. The molecule has 0 saturated carbocycles. The Bertz CT molecular complexity index is 512. The molecule has 0 radical (unpaired) electrons. The van der Waals surface area contributed by atoms with Crippen LogP contribution in [0.4, 0.5) is 4.79 Å². The summed E-state index contributed by atoms with van der Waals surface area (Å²) in [5.74, 6) is -0.173. The van der Waals surface area contributed by atoms with E-state index in [0.717, 1.165) is 5.56 Å². The fraction of sp³-hybridized carbons (Fsp3) is 0.467. The first-order chi connectivity index (χ1) is 9.67. The van der Waals surface area contributed by atoms with Crippen molar-refractivity contribution in [3.8, 4) is 0 Å². The molecule has 1 aromatic rings. The van der Waals surface area contributed by atoms with Crippen LogP contribution in [-0.2, 0) is 9.53 Å². The van der Waals surface area contributed by atoms with Crippen LogP contribution in [0.25, 0.3) is 0 Å². The molecule has 2 amide bonds. The normalized spacial score (nSPS) is 12.4. The van der Waals surface area contributed by atoms with Crippen molar-refractivity contribution in [1.29, 1.82) is 0 Å². The Labute approximate surface area is 130 Å². The Morgan fingerprint density at radius 1 is 1.33 bits per heavy atom. The Kier molecular flexibility index (Phi) is 6.03. The minimum absolute atomic E-state index is 0.173. The highest BCUT2D eigenvalue weighted by Crippen LogP contribution is 2.18. The van der Waals surface area contributed by atoms with Gasteiger partial charge in [-0.25, -0.2) is 4.79 Å². The van der Waals surface area contributed by atoms with Crippen LogP contribution in [-0.4, -0.2) is 24.1 Å². The van der Waals surface area contributed by atoms with E-state index in [1.807, 2.05) is 6.07 Å². The monoisotopic (exact) mass is 312 g/mol. The zero-order chi connectivity index (χ0) is 16.0. The average molecular weight is 313 g/mol. The number of halogens is 1. The Morgan fingerprint density at radius 2 is 2.00 bits per heavy atom. The number of hydrogen-bond acceptors (Lipinski definition) is 3. The summed E-state index contributed by atoms with van der Waals surface area (Å²) in [5, 5.41) is 5.98. The van der Waals surface area contributed by atoms with Gasteiger partial charge < -0.3 is 15.4 Å². The van der Waals surface area contributed by atoms with Crippen LogP contribution in [0.15, 0.2) is 24.3 Å². The molecule has 1 aromatic carbocycles. The maximum absolute atomic E-state index is 11.9. The molecule has 0 aromatic heterocycles. The van der Waals surface area contributed by atoms with E-state index < -0.39 is 17.7 Å². The second-order valence-corrected chi connectivity index (χ2v) is 6.13. The third kappa shape index (κ3) is 6.99. The summed E-state index contributed by atoms with van der Waals surface area (Å²) < 4.78 is 5.23. The predicted octanol–water partition coefficient (Wildman–Crippen LogP) is 3.04.